The summed E-state index contributed by atoms with van der Waals surface area (Å²) in [5.74, 6) is 0. The first-order valence-electron chi connectivity index (χ1n) is 2.97. The van der Waals surface area contributed by atoms with Crippen LogP contribution in [0.4, 0.5) is 0 Å². The fraction of sp³-hybridized carbons (Fsp3) is 0.143. The SMILES string of the molecule is Cc1cnc(Cl)c(Cl)c1.O=CO. The third-order valence-corrected chi connectivity index (χ3v) is 1.62. The van der Waals surface area contributed by atoms with Crippen LogP contribution in [-0.2, 0) is 4.79 Å². The Bertz CT molecular complexity index is 266. The van der Waals surface area contributed by atoms with Crippen molar-refractivity contribution in [3.05, 3.63) is 28.0 Å². The molecule has 66 valence electrons. The van der Waals surface area contributed by atoms with Gasteiger partial charge in [0.2, 0.25) is 0 Å². The van der Waals surface area contributed by atoms with Gasteiger partial charge in [0.15, 0.2) is 0 Å². The second-order valence-corrected chi connectivity index (χ2v) is 2.66. The van der Waals surface area contributed by atoms with Crippen LogP contribution in [0.2, 0.25) is 10.2 Å². The molecule has 0 atom stereocenters. The highest BCUT2D eigenvalue weighted by molar-refractivity contribution is 6.41. The van der Waals surface area contributed by atoms with E-state index in [9.17, 15) is 0 Å². The van der Waals surface area contributed by atoms with E-state index in [-0.39, 0.29) is 6.47 Å². The molecule has 0 saturated carbocycles. The Hall–Kier alpha value is -0.800. The van der Waals surface area contributed by atoms with E-state index in [1.165, 1.54) is 0 Å². The standard InChI is InChI=1S/C6H5Cl2N.CH2O2/c1-4-2-5(7)6(8)9-3-4;2-1-3/h2-3H,1H3;1H,(H,2,3). The third-order valence-electron chi connectivity index (χ3n) is 0.933. The van der Waals surface area contributed by atoms with Crippen molar-refractivity contribution in [3.63, 3.8) is 0 Å². The summed E-state index contributed by atoms with van der Waals surface area (Å²) < 4.78 is 0. The summed E-state index contributed by atoms with van der Waals surface area (Å²) in [5.41, 5.74) is 1.02. The second kappa shape index (κ2) is 5.80. The van der Waals surface area contributed by atoms with E-state index in [0.29, 0.717) is 10.2 Å². The number of rotatable bonds is 0. The summed E-state index contributed by atoms with van der Waals surface area (Å²) in [4.78, 5) is 12.2. The first-order chi connectivity index (χ1) is 5.61. The summed E-state index contributed by atoms with van der Waals surface area (Å²) in [5, 5.41) is 7.76. The van der Waals surface area contributed by atoms with Gasteiger partial charge in [0.25, 0.3) is 6.47 Å². The number of nitrogens with zero attached hydrogens (tertiary/aromatic N) is 1. The molecular weight excluding hydrogens is 201 g/mol. The summed E-state index contributed by atoms with van der Waals surface area (Å²) in [6, 6.07) is 1.77. The number of carbonyl (C=O) groups is 1. The van der Waals surface area contributed by atoms with Gasteiger partial charge < -0.3 is 5.11 Å². The summed E-state index contributed by atoms with van der Waals surface area (Å²) in [7, 11) is 0. The molecule has 1 heterocycles. The van der Waals surface area contributed by atoms with E-state index >= 15 is 0 Å². The van der Waals surface area contributed by atoms with Gasteiger partial charge in [-0.2, -0.15) is 0 Å². The maximum absolute atomic E-state index is 8.36. The zero-order chi connectivity index (χ0) is 9.56. The van der Waals surface area contributed by atoms with E-state index in [0.717, 1.165) is 5.56 Å². The van der Waals surface area contributed by atoms with Crippen molar-refractivity contribution in [2.45, 2.75) is 6.92 Å². The highest BCUT2D eigenvalue weighted by atomic mass is 35.5. The first-order valence-corrected chi connectivity index (χ1v) is 3.73. The number of hydrogen-bond donors (Lipinski definition) is 1. The number of aryl methyl sites for hydroxylation is 1. The Labute approximate surface area is 79.9 Å². The Kier molecular flexibility index (Phi) is 5.41. The molecule has 1 rings (SSSR count). The first kappa shape index (κ1) is 11.2. The maximum atomic E-state index is 8.36. The summed E-state index contributed by atoms with van der Waals surface area (Å²) in [6.07, 6.45) is 1.67. The highest BCUT2D eigenvalue weighted by Gasteiger charge is 1.95. The van der Waals surface area contributed by atoms with Crippen LogP contribution in [0.5, 0.6) is 0 Å². The Balaban J connectivity index is 0.000000354. The quantitative estimate of drug-likeness (QED) is 0.526. The van der Waals surface area contributed by atoms with Crippen LogP contribution < -0.4 is 0 Å². The van der Waals surface area contributed by atoms with Gasteiger partial charge in [-0.1, -0.05) is 23.2 Å². The van der Waals surface area contributed by atoms with Crippen LogP contribution in [0.1, 0.15) is 5.56 Å². The molecule has 12 heavy (non-hydrogen) atoms. The summed E-state index contributed by atoms with van der Waals surface area (Å²) in [6.45, 7) is 1.66. The predicted octanol–water partition coefficient (Wildman–Crippen LogP) is 2.40. The van der Waals surface area contributed by atoms with E-state index < -0.39 is 0 Å². The Morgan fingerprint density at radius 1 is 1.58 bits per heavy atom. The van der Waals surface area contributed by atoms with Gasteiger partial charge in [-0.05, 0) is 18.6 Å². The molecule has 1 aromatic heterocycles. The van der Waals surface area contributed by atoms with E-state index in [1.54, 1.807) is 12.3 Å². The molecule has 1 N–H and O–H groups in total. The van der Waals surface area contributed by atoms with E-state index in [2.05, 4.69) is 4.98 Å². The molecule has 0 unspecified atom stereocenters. The maximum Gasteiger partial charge on any atom is 0.290 e. The molecule has 1 aromatic rings. The number of hydrogen-bond acceptors (Lipinski definition) is 2. The Morgan fingerprint density at radius 2 is 2.08 bits per heavy atom. The molecule has 0 radical (unpaired) electrons. The van der Waals surface area contributed by atoms with Gasteiger partial charge in [-0.3, -0.25) is 4.79 Å². The second-order valence-electron chi connectivity index (χ2n) is 1.89. The highest BCUT2D eigenvalue weighted by Crippen LogP contribution is 2.18. The van der Waals surface area contributed by atoms with Crippen LogP contribution >= 0.6 is 23.2 Å². The fourth-order valence-corrected chi connectivity index (χ4v) is 0.841. The largest absolute Gasteiger partial charge is 0.483 e. The number of pyridine rings is 1. The lowest BCUT2D eigenvalue weighted by atomic mass is 10.3. The van der Waals surface area contributed by atoms with Crippen molar-refractivity contribution in [3.8, 4) is 0 Å². The summed E-state index contributed by atoms with van der Waals surface area (Å²) >= 11 is 11.2. The number of halogens is 2. The van der Waals surface area contributed by atoms with Gasteiger partial charge >= 0.3 is 0 Å². The molecule has 0 amide bonds. The van der Waals surface area contributed by atoms with Crippen molar-refractivity contribution < 1.29 is 9.90 Å². The van der Waals surface area contributed by atoms with Crippen molar-refractivity contribution >= 4 is 29.7 Å². The van der Waals surface area contributed by atoms with Gasteiger partial charge in [0.1, 0.15) is 5.15 Å². The van der Waals surface area contributed by atoms with Crippen LogP contribution in [0.3, 0.4) is 0 Å². The van der Waals surface area contributed by atoms with Gasteiger partial charge in [0.05, 0.1) is 5.02 Å². The van der Waals surface area contributed by atoms with Gasteiger partial charge in [-0.25, -0.2) is 4.98 Å². The van der Waals surface area contributed by atoms with Crippen molar-refractivity contribution in [2.75, 3.05) is 0 Å². The lowest BCUT2D eigenvalue weighted by Gasteiger charge is -1.93. The zero-order valence-corrected chi connectivity index (χ0v) is 7.80. The zero-order valence-electron chi connectivity index (χ0n) is 6.29. The lowest BCUT2D eigenvalue weighted by molar-refractivity contribution is -0.122. The lowest BCUT2D eigenvalue weighted by Crippen LogP contribution is -1.77. The minimum Gasteiger partial charge on any atom is -0.483 e. The molecule has 0 aromatic carbocycles. The van der Waals surface area contributed by atoms with Crippen LogP contribution in [-0.4, -0.2) is 16.6 Å². The molecule has 0 spiro atoms. The third kappa shape index (κ3) is 4.16. The minimum absolute atomic E-state index is 0.250. The van der Waals surface area contributed by atoms with Gasteiger partial charge in [0, 0.05) is 6.20 Å². The molecule has 0 fully saturated rings. The monoisotopic (exact) mass is 207 g/mol. The van der Waals surface area contributed by atoms with Crippen molar-refractivity contribution in [1.29, 1.82) is 0 Å². The fourth-order valence-electron chi connectivity index (χ4n) is 0.517. The minimum atomic E-state index is -0.250. The Morgan fingerprint density at radius 3 is 2.42 bits per heavy atom. The average Bonchev–Trinajstić information content (AvgIpc) is 1.99. The number of carboxylic acid groups (broad SMARTS) is 1. The predicted molar refractivity (Wildman–Crippen MR) is 47.7 cm³/mol. The van der Waals surface area contributed by atoms with Crippen molar-refractivity contribution in [1.82, 2.24) is 4.98 Å². The van der Waals surface area contributed by atoms with Crippen molar-refractivity contribution in [2.24, 2.45) is 0 Å². The molecule has 3 nitrogen and oxygen atoms in total. The van der Waals surface area contributed by atoms with E-state index in [1.807, 2.05) is 6.92 Å². The van der Waals surface area contributed by atoms with Crippen LogP contribution in [0.25, 0.3) is 0 Å². The van der Waals surface area contributed by atoms with Gasteiger partial charge in [-0.15, -0.1) is 0 Å². The molecule has 0 saturated heterocycles. The van der Waals surface area contributed by atoms with Crippen LogP contribution in [0, 0.1) is 6.92 Å². The average molecular weight is 208 g/mol. The number of aromatic nitrogens is 1. The molecule has 0 aliphatic rings. The smallest absolute Gasteiger partial charge is 0.290 e. The van der Waals surface area contributed by atoms with E-state index in [4.69, 9.17) is 33.1 Å². The molecule has 0 aliphatic heterocycles. The molecule has 0 aliphatic carbocycles. The topological polar surface area (TPSA) is 50.2 Å². The molecular formula is C7H7Cl2NO2. The van der Waals surface area contributed by atoms with Crippen LogP contribution in [0.15, 0.2) is 12.3 Å². The normalized spacial score (nSPS) is 8.25. The molecule has 0 bridgehead atoms. The molecule has 5 heteroatoms.